The van der Waals surface area contributed by atoms with E-state index in [1.807, 2.05) is 6.92 Å². The molecule has 0 aromatic rings. The van der Waals surface area contributed by atoms with Gasteiger partial charge in [0.25, 0.3) is 0 Å². The van der Waals surface area contributed by atoms with Crippen LogP contribution in [0.3, 0.4) is 0 Å². The Hall–Kier alpha value is -0.610. The van der Waals surface area contributed by atoms with Crippen LogP contribution >= 0.6 is 0 Å². The molecule has 1 aliphatic rings. The third-order valence-corrected chi connectivity index (χ3v) is 3.65. The quantitative estimate of drug-likeness (QED) is 0.740. The average Bonchev–Trinajstić information content (AvgIpc) is 2.36. The van der Waals surface area contributed by atoms with Crippen LogP contribution in [0.15, 0.2) is 0 Å². The molecular formula is C13H25NO3. The van der Waals surface area contributed by atoms with Gasteiger partial charge >= 0.3 is 0 Å². The Kier molecular flexibility index (Phi) is 6.52. The van der Waals surface area contributed by atoms with Crippen molar-refractivity contribution in [3.8, 4) is 0 Å². The summed E-state index contributed by atoms with van der Waals surface area (Å²) in [5, 5.41) is 12.1. The van der Waals surface area contributed by atoms with Crippen molar-refractivity contribution in [2.75, 3.05) is 20.3 Å². The maximum absolute atomic E-state index is 11.9. The number of carbonyl (C=O) groups excluding carboxylic acids is 1. The first-order chi connectivity index (χ1) is 8.17. The minimum absolute atomic E-state index is 0.0190. The van der Waals surface area contributed by atoms with E-state index in [4.69, 9.17) is 9.84 Å². The highest BCUT2D eigenvalue weighted by Gasteiger charge is 2.23. The molecule has 1 amide bonds. The number of hydrogen-bond acceptors (Lipinski definition) is 3. The van der Waals surface area contributed by atoms with Gasteiger partial charge in [-0.2, -0.15) is 0 Å². The highest BCUT2D eigenvalue weighted by atomic mass is 16.5. The Morgan fingerprint density at radius 2 is 2.06 bits per heavy atom. The van der Waals surface area contributed by atoms with Gasteiger partial charge in [0, 0.05) is 32.3 Å². The van der Waals surface area contributed by atoms with Gasteiger partial charge in [0.05, 0.1) is 0 Å². The molecule has 1 rings (SSSR count). The molecule has 4 heteroatoms. The van der Waals surface area contributed by atoms with E-state index < -0.39 is 0 Å². The standard InChI is InChI=1S/C13H25NO3/c1-10(7-8-17-2)13(16)14-12-5-3-11(9-15)4-6-12/h10-12,15H,3-9H2,1-2H3,(H,14,16). The van der Waals surface area contributed by atoms with Gasteiger partial charge in [0.1, 0.15) is 0 Å². The minimum atomic E-state index is 0.0190. The second kappa shape index (κ2) is 7.67. The number of ether oxygens (including phenoxy) is 1. The predicted molar refractivity (Wildman–Crippen MR) is 66.6 cm³/mol. The van der Waals surface area contributed by atoms with Gasteiger partial charge in [-0.05, 0) is 38.0 Å². The summed E-state index contributed by atoms with van der Waals surface area (Å²) in [6.45, 7) is 2.85. The summed E-state index contributed by atoms with van der Waals surface area (Å²) < 4.78 is 4.97. The van der Waals surface area contributed by atoms with Crippen molar-refractivity contribution in [3.63, 3.8) is 0 Å². The maximum Gasteiger partial charge on any atom is 0.223 e. The Balaban J connectivity index is 2.22. The zero-order valence-corrected chi connectivity index (χ0v) is 10.9. The van der Waals surface area contributed by atoms with Gasteiger partial charge in [-0.3, -0.25) is 4.79 Å². The third kappa shape index (κ3) is 5.04. The number of nitrogens with one attached hydrogen (secondary N) is 1. The van der Waals surface area contributed by atoms with Crippen LogP contribution in [0.5, 0.6) is 0 Å². The Morgan fingerprint density at radius 3 is 2.59 bits per heavy atom. The van der Waals surface area contributed by atoms with E-state index >= 15 is 0 Å². The molecule has 0 radical (unpaired) electrons. The van der Waals surface area contributed by atoms with E-state index in [1.165, 1.54) is 0 Å². The van der Waals surface area contributed by atoms with Gasteiger partial charge < -0.3 is 15.2 Å². The fourth-order valence-electron chi connectivity index (χ4n) is 2.26. The number of aliphatic hydroxyl groups is 1. The molecule has 0 heterocycles. The lowest BCUT2D eigenvalue weighted by atomic mass is 9.86. The average molecular weight is 243 g/mol. The van der Waals surface area contributed by atoms with Crippen molar-refractivity contribution >= 4 is 5.91 Å². The third-order valence-electron chi connectivity index (χ3n) is 3.65. The maximum atomic E-state index is 11.9. The summed E-state index contributed by atoms with van der Waals surface area (Å²) in [6, 6.07) is 0.301. The molecule has 4 nitrogen and oxygen atoms in total. The molecule has 0 aromatic heterocycles. The highest BCUT2D eigenvalue weighted by molar-refractivity contribution is 5.78. The summed E-state index contributed by atoms with van der Waals surface area (Å²) in [4.78, 5) is 11.9. The Labute approximate surface area is 104 Å². The first kappa shape index (κ1) is 14.5. The van der Waals surface area contributed by atoms with E-state index in [9.17, 15) is 4.79 Å². The molecule has 1 aliphatic carbocycles. The van der Waals surface area contributed by atoms with Gasteiger partial charge in [-0.15, -0.1) is 0 Å². The summed E-state index contributed by atoms with van der Waals surface area (Å²) in [7, 11) is 1.65. The van der Waals surface area contributed by atoms with Crippen LogP contribution < -0.4 is 5.32 Å². The lowest BCUT2D eigenvalue weighted by Gasteiger charge is -2.28. The van der Waals surface area contributed by atoms with Crippen LogP contribution in [0.4, 0.5) is 0 Å². The number of methoxy groups -OCH3 is 1. The topological polar surface area (TPSA) is 58.6 Å². The lowest BCUT2D eigenvalue weighted by molar-refractivity contribution is -0.126. The van der Waals surface area contributed by atoms with Crippen LogP contribution in [0.25, 0.3) is 0 Å². The second-order valence-electron chi connectivity index (χ2n) is 5.09. The molecule has 1 saturated carbocycles. The molecule has 0 aromatic carbocycles. The molecule has 1 atom stereocenters. The Bertz CT molecular complexity index is 225. The van der Waals surface area contributed by atoms with Crippen molar-refractivity contribution in [1.82, 2.24) is 5.32 Å². The Morgan fingerprint density at radius 1 is 1.41 bits per heavy atom. The van der Waals surface area contributed by atoms with Gasteiger partial charge in [0.2, 0.25) is 5.91 Å². The number of rotatable bonds is 6. The number of carbonyl (C=O) groups is 1. The highest BCUT2D eigenvalue weighted by Crippen LogP contribution is 2.23. The predicted octanol–water partition coefficient (Wildman–Crippen LogP) is 1.33. The van der Waals surface area contributed by atoms with E-state index in [1.54, 1.807) is 7.11 Å². The molecule has 0 spiro atoms. The molecule has 2 N–H and O–H groups in total. The number of hydrogen-bond donors (Lipinski definition) is 2. The molecule has 0 aliphatic heterocycles. The largest absolute Gasteiger partial charge is 0.396 e. The number of amides is 1. The van der Waals surface area contributed by atoms with E-state index in [-0.39, 0.29) is 18.4 Å². The number of aliphatic hydroxyl groups excluding tert-OH is 1. The van der Waals surface area contributed by atoms with Crippen LogP contribution in [0.1, 0.15) is 39.0 Å². The first-order valence-electron chi connectivity index (χ1n) is 6.57. The second-order valence-corrected chi connectivity index (χ2v) is 5.09. The SMILES string of the molecule is COCCC(C)C(=O)NC1CCC(CO)CC1. The smallest absolute Gasteiger partial charge is 0.223 e. The van der Waals surface area contributed by atoms with E-state index in [0.717, 1.165) is 32.1 Å². The lowest BCUT2D eigenvalue weighted by Crippen LogP contribution is -2.40. The summed E-state index contributed by atoms with van der Waals surface area (Å²) in [6.07, 6.45) is 4.80. The van der Waals surface area contributed by atoms with Gasteiger partial charge in [-0.25, -0.2) is 0 Å². The zero-order chi connectivity index (χ0) is 12.7. The molecule has 0 saturated heterocycles. The van der Waals surface area contributed by atoms with Crippen LogP contribution in [-0.4, -0.2) is 37.4 Å². The van der Waals surface area contributed by atoms with Crippen molar-refractivity contribution < 1.29 is 14.6 Å². The zero-order valence-electron chi connectivity index (χ0n) is 10.9. The fraction of sp³-hybridized carbons (Fsp3) is 0.923. The van der Waals surface area contributed by atoms with Gasteiger partial charge in [-0.1, -0.05) is 6.92 Å². The molecular weight excluding hydrogens is 218 g/mol. The molecule has 1 unspecified atom stereocenters. The van der Waals surface area contributed by atoms with Crippen LogP contribution in [0.2, 0.25) is 0 Å². The monoisotopic (exact) mass is 243 g/mol. The van der Waals surface area contributed by atoms with E-state index in [0.29, 0.717) is 18.6 Å². The fourth-order valence-corrected chi connectivity index (χ4v) is 2.26. The molecule has 1 fully saturated rings. The molecule has 0 bridgehead atoms. The summed E-state index contributed by atoms with van der Waals surface area (Å²) >= 11 is 0. The van der Waals surface area contributed by atoms with Crippen molar-refractivity contribution in [1.29, 1.82) is 0 Å². The van der Waals surface area contributed by atoms with Crippen molar-refractivity contribution in [3.05, 3.63) is 0 Å². The molecule has 100 valence electrons. The molecule has 17 heavy (non-hydrogen) atoms. The van der Waals surface area contributed by atoms with Crippen LogP contribution in [-0.2, 0) is 9.53 Å². The van der Waals surface area contributed by atoms with E-state index in [2.05, 4.69) is 5.32 Å². The summed E-state index contributed by atoms with van der Waals surface area (Å²) in [5.74, 6) is 0.592. The van der Waals surface area contributed by atoms with Gasteiger partial charge in [0.15, 0.2) is 0 Å². The normalized spacial score (nSPS) is 26.5. The van der Waals surface area contributed by atoms with Crippen LogP contribution in [0, 0.1) is 11.8 Å². The first-order valence-corrected chi connectivity index (χ1v) is 6.57. The van der Waals surface area contributed by atoms with Crippen molar-refractivity contribution in [2.24, 2.45) is 11.8 Å². The minimum Gasteiger partial charge on any atom is -0.396 e. The summed E-state index contributed by atoms with van der Waals surface area (Å²) in [5.41, 5.74) is 0. The van der Waals surface area contributed by atoms with Crippen molar-refractivity contribution in [2.45, 2.75) is 45.1 Å².